The zero-order valence-corrected chi connectivity index (χ0v) is 24.1. The number of alkyl carbamates (subject to hydrolysis) is 1. The van der Waals surface area contributed by atoms with Crippen molar-refractivity contribution < 1.29 is 31.9 Å². The topological polar surface area (TPSA) is 87.7 Å². The number of carbonyl (C=O) groups is 2. The van der Waals surface area contributed by atoms with E-state index < -0.39 is 35.2 Å². The van der Waals surface area contributed by atoms with Crippen molar-refractivity contribution in [3.8, 4) is 0 Å². The number of nitrogens with zero attached hydrogens (tertiary/aromatic N) is 4. The van der Waals surface area contributed by atoms with Gasteiger partial charge in [-0.1, -0.05) is 48.0 Å². The molecule has 14 heteroatoms. The third-order valence-electron chi connectivity index (χ3n) is 6.94. The molecule has 0 bridgehead atoms. The Morgan fingerprint density at radius 1 is 1.12 bits per heavy atom. The van der Waals surface area contributed by atoms with Crippen molar-refractivity contribution in [3.63, 3.8) is 0 Å². The molecule has 224 valence electrons. The molecule has 2 aromatic carbocycles. The molecule has 1 saturated carbocycles. The predicted molar refractivity (Wildman–Crippen MR) is 154 cm³/mol. The lowest BCUT2D eigenvalue weighted by molar-refractivity contribution is -0.139. The molecule has 1 aliphatic rings. The number of hydrogen-bond donors (Lipinski definition) is 1. The summed E-state index contributed by atoms with van der Waals surface area (Å²) in [5.41, 5.74) is -1.32. The zero-order valence-electron chi connectivity index (χ0n) is 22.5. The minimum absolute atomic E-state index is 0.0167. The largest absolute Gasteiger partial charge is 0.445 e. The fourth-order valence-corrected chi connectivity index (χ4v) is 5.55. The first-order valence-electron chi connectivity index (χ1n) is 13.0. The molecule has 2 heterocycles. The maximum Gasteiger partial charge on any atom is 0.419 e. The van der Waals surface area contributed by atoms with Crippen molar-refractivity contribution >= 4 is 51.6 Å². The van der Waals surface area contributed by atoms with Crippen LogP contribution >= 0.6 is 22.9 Å². The van der Waals surface area contributed by atoms with Gasteiger partial charge in [-0.2, -0.15) is 13.2 Å². The first kappa shape index (κ1) is 30.2. The molecule has 8 nitrogen and oxygen atoms in total. The van der Waals surface area contributed by atoms with Crippen LogP contribution in [0.2, 0.25) is 5.02 Å². The molecular formula is C29H24ClF4N5O3S. The maximum absolute atomic E-state index is 15.1. The summed E-state index contributed by atoms with van der Waals surface area (Å²) < 4.78 is 60.5. The van der Waals surface area contributed by atoms with Crippen LogP contribution < -0.4 is 15.1 Å². The van der Waals surface area contributed by atoms with Crippen molar-refractivity contribution in [1.29, 1.82) is 0 Å². The number of ether oxygens (including phenoxy) is 1. The van der Waals surface area contributed by atoms with Crippen LogP contribution in [0.3, 0.4) is 0 Å². The van der Waals surface area contributed by atoms with Crippen LogP contribution in [-0.2, 0) is 17.5 Å². The summed E-state index contributed by atoms with van der Waals surface area (Å²) in [6.07, 6.45) is -1.71. The summed E-state index contributed by atoms with van der Waals surface area (Å²) in [6, 6.07) is 13.2. The van der Waals surface area contributed by atoms with E-state index >= 15 is 4.39 Å². The van der Waals surface area contributed by atoms with Crippen LogP contribution in [-0.4, -0.2) is 41.1 Å². The Morgan fingerprint density at radius 2 is 1.86 bits per heavy atom. The van der Waals surface area contributed by atoms with Crippen molar-refractivity contribution in [1.82, 2.24) is 15.3 Å². The van der Waals surface area contributed by atoms with Crippen LogP contribution in [0.1, 0.15) is 34.3 Å². The van der Waals surface area contributed by atoms with Gasteiger partial charge in [-0.15, -0.1) is 11.3 Å². The molecule has 1 aliphatic carbocycles. The third-order valence-corrected chi connectivity index (χ3v) is 7.97. The Balaban J connectivity index is 1.26. The Bertz CT molecular complexity index is 1600. The average Bonchev–Trinajstić information content (AvgIpc) is 3.48. The number of carbonyl (C=O) groups excluding carboxylic acids is 2. The van der Waals surface area contributed by atoms with E-state index in [0.29, 0.717) is 24.7 Å². The second-order valence-electron chi connectivity index (χ2n) is 9.76. The zero-order chi connectivity index (χ0) is 30.7. The molecule has 0 atom stereocenters. The molecule has 2 amide bonds. The molecule has 2 aromatic heterocycles. The van der Waals surface area contributed by atoms with Gasteiger partial charge in [0.1, 0.15) is 12.4 Å². The quantitative estimate of drug-likeness (QED) is 0.206. The van der Waals surface area contributed by atoms with Crippen LogP contribution in [0.5, 0.6) is 0 Å². The summed E-state index contributed by atoms with van der Waals surface area (Å²) in [4.78, 5) is 36.6. The number of amides is 2. The van der Waals surface area contributed by atoms with Crippen LogP contribution in [0.25, 0.3) is 0 Å². The van der Waals surface area contributed by atoms with E-state index in [4.69, 9.17) is 16.3 Å². The second-order valence-corrected chi connectivity index (χ2v) is 11.0. The number of thiazole rings is 1. The van der Waals surface area contributed by atoms with Gasteiger partial charge >= 0.3 is 12.3 Å². The number of benzene rings is 2. The van der Waals surface area contributed by atoms with Crippen molar-refractivity contribution in [3.05, 3.63) is 99.9 Å². The number of nitrogens with one attached hydrogen (secondary N) is 1. The van der Waals surface area contributed by atoms with E-state index in [-0.39, 0.29) is 34.4 Å². The molecule has 43 heavy (non-hydrogen) atoms. The Morgan fingerprint density at radius 3 is 2.51 bits per heavy atom. The summed E-state index contributed by atoms with van der Waals surface area (Å²) in [5.74, 6) is -2.11. The lowest BCUT2D eigenvalue weighted by Crippen LogP contribution is -2.53. The summed E-state index contributed by atoms with van der Waals surface area (Å²) in [6.45, 7) is 0.160. The monoisotopic (exact) mass is 633 g/mol. The maximum atomic E-state index is 15.1. The van der Waals surface area contributed by atoms with Gasteiger partial charge in [-0.3, -0.25) is 4.79 Å². The fraction of sp³-hybridized carbons (Fsp3) is 0.241. The summed E-state index contributed by atoms with van der Waals surface area (Å²) >= 11 is 7.45. The smallest absolute Gasteiger partial charge is 0.419 e. The Hall–Kier alpha value is -4.23. The first-order valence-corrected chi connectivity index (χ1v) is 14.2. The average molecular weight is 634 g/mol. The Labute approximate surface area is 252 Å². The number of hydrogen-bond acceptors (Lipinski definition) is 7. The van der Waals surface area contributed by atoms with Gasteiger partial charge < -0.3 is 15.0 Å². The van der Waals surface area contributed by atoms with Crippen LogP contribution in [0.15, 0.2) is 72.4 Å². The highest BCUT2D eigenvalue weighted by molar-refractivity contribution is 7.14. The molecule has 0 aliphatic heterocycles. The van der Waals surface area contributed by atoms with E-state index in [1.54, 1.807) is 7.05 Å². The van der Waals surface area contributed by atoms with Gasteiger partial charge in [0, 0.05) is 36.9 Å². The predicted octanol–water partition coefficient (Wildman–Crippen LogP) is 7.22. The van der Waals surface area contributed by atoms with E-state index in [2.05, 4.69) is 15.3 Å². The molecule has 5 rings (SSSR count). The lowest BCUT2D eigenvalue weighted by Gasteiger charge is -2.41. The molecule has 0 unspecified atom stereocenters. The van der Waals surface area contributed by atoms with Crippen molar-refractivity contribution in [2.24, 2.45) is 0 Å². The molecular weight excluding hydrogens is 610 g/mol. The lowest BCUT2D eigenvalue weighted by atomic mass is 9.86. The van der Waals surface area contributed by atoms with Gasteiger partial charge in [-0.05, 0) is 36.6 Å². The van der Waals surface area contributed by atoms with Crippen molar-refractivity contribution in [2.45, 2.75) is 37.7 Å². The summed E-state index contributed by atoms with van der Waals surface area (Å²) in [5, 5.41) is 4.41. The molecule has 0 saturated heterocycles. The molecule has 4 aromatic rings. The van der Waals surface area contributed by atoms with Crippen molar-refractivity contribution in [2.75, 3.05) is 16.8 Å². The number of anilines is 3. The highest BCUT2D eigenvalue weighted by Crippen LogP contribution is 2.39. The fourth-order valence-electron chi connectivity index (χ4n) is 4.60. The number of aromatic nitrogens is 2. The first-order chi connectivity index (χ1) is 20.5. The molecule has 1 fully saturated rings. The van der Waals surface area contributed by atoms with Crippen LogP contribution in [0, 0.1) is 5.82 Å². The van der Waals surface area contributed by atoms with Gasteiger partial charge in [0.2, 0.25) is 0 Å². The standard InChI is InChI=1S/C29H24ClF4N5O3S/c1-38(20-13-19(14-20)37-28(41)42-16-17-6-3-2-4-7-17)25-22(30)12-18(15-36-25)26(40)39(27-35-10-11-43-27)23-9-5-8-21(24(23)31)29(32,33)34/h2-12,15,19-20H,13-14,16H2,1H3,(H,37,41). The van der Waals surface area contributed by atoms with E-state index in [1.807, 2.05) is 35.2 Å². The van der Waals surface area contributed by atoms with E-state index in [9.17, 15) is 22.8 Å². The van der Waals surface area contributed by atoms with Gasteiger partial charge in [0.25, 0.3) is 5.91 Å². The van der Waals surface area contributed by atoms with E-state index in [1.165, 1.54) is 23.8 Å². The molecule has 0 spiro atoms. The Kier molecular flexibility index (Phi) is 8.83. The normalized spacial score (nSPS) is 16.2. The van der Waals surface area contributed by atoms with Crippen LogP contribution in [0.4, 0.5) is 39.0 Å². The highest BCUT2D eigenvalue weighted by Gasteiger charge is 2.38. The third kappa shape index (κ3) is 6.73. The van der Waals surface area contributed by atoms with Gasteiger partial charge in [-0.25, -0.2) is 24.1 Å². The minimum Gasteiger partial charge on any atom is -0.445 e. The number of pyridine rings is 1. The number of alkyl halides is 3. The SMILES string of the molecule is CN(c1ncc(C(=O)N(c2nccs2)c2cccc(C(F)(F)F)c2F)cc1Cl)C1CC(NC(=O)OCc2ccccc2)C1. The molecule has 0 radical (unpaired) electrons. The highest BCUT2D eigenvalue weighted by atomic mass is 35.5. The minimum atomic E-state index is -4.96. The molecule has 1 N–H and O–H groups in total. The van der Waals surface area contributed by atoms with Gasteiger partial charge in [0.05, 0.1) is 21.8 Å². The van der Waals surface area contributed by atoms with E-state index in [0.717, 1.165) is 33.9 Å². The second kappa shape index (κ2) is 12.6. The van der Waals surface area contributed by atoms with Gasteiger partial charge in [0.15, 0.2) is 10.9 Å². The number of rotatable bonds is 8. The summed E-state index contributed by atoms with van der Waals surface area (Å²) in [7, 11) is 1.77. The number of halogens is 5.